The van der Waals surface area contributed by atoms with E-state index in [1.807, 2.05) is 0 Å². The maximum atomic E-state index is 9.89. The van der Waals surface area contributed by atoms with Crippen LogP contribution in [-0.4, -0.2) is 48.3 Å². The number of nitrogens with zero attached hydrogens (tertiary/aromatic N) is 1. The van der Waals surface area contributed by atoms with Crippen LogP contribution in [0.1, 0.15) is 65.7 Å². The molecule has 0 spiro atoms. The molecule has 0 bridgehead atoms. The van der Waals surface area contributed by atoms with Gasteiger partial charge in [0, 0.05) is 5.54 Å². The Kier molecular flexibility index (Phi) is 6.10. The van der Waals surface area contributed by atoms with Crippen LogP contribution in [0.3, 0.4) is 0 Å². The maximum absolute atomic E-state index is 9.89. The molecule has 1 aliphatic carbocycles. The lowest BCUT2D eigenvalue weighted by Crippen LogP contribution is -2.52. The predicted octanol–water partition coefficient (Wildman–Crippen LogP) is 3.03. The molecule has 0 aromatic carbocycles. The first-order valence-corrected chi connectivity index (χ1v) is 9.09. The second kappa shape index (κ2) is 7.43. The number of likely N-dealkylation sites (N-methyl/N-ethyl adjacent to an activating group) is 1. The number of rotatable bonds is 6. The molecular formula is C18H36N2O. The van der Waals surface area contributed by atoms with Crippen molar-refractivity contribution < 1.29 is 5.11 Å². The topological polar surface area (TPSA) is 35.5 Å². The van der Waals surface area contributed by atoms with Crippen LogP contribution in [0.4, 0.5) is 0 Å². The Hall–Kier alpha value is -0.120. The molecule has 124 valence electrons. The summed E-state index contributed by atoms with van der Waals surface area (Å²) in [6, 6.07) is 0. The number of likely N-dealkylation sites (tertiary alicyclic amines) is 1. The fraction of sp³-hybridized carbons (Fsp3) is 1.00. The van der Waals surface area contributed by atoms with E-state index in [4.69, 9.17) is 0 Å². The molecule has 2 fully saturated rings. The molecule has 21 heavy (non-hydrogen) atoms. The Morgan fingerprint density at radius 3 is 2.67 bits per heavy atom. The van der Waals surface area contributed by atoms with Gasteiger partial charge in [-0.25, -0.2) is 0 Å². The molecule has 1 heterocycles. The zero-order valence-electron chi connectivity index (χ0n) is 14.5. The van der Waals surface area contributed by atoms with Gasteiger partial charge in [-0.2, -0.15) is 0 Å². The second-order valence-corrected chi connectivity index (χ2v) is 8.08. The summed E-state index contributed by atoms with van der Waals surface area (Å²) >= 11 is 0. The summed E-state index contributed by atoms with van der Waals surface area (Å²) in [6.07, 6.45) is 8.98. The van der Waals surface area contributed by atoms with Crippen LogP contribution >= 0.6 is 0 Å². The third-order valence-electron chi connectivity index (χ3n) is 5.99. The van der Waals surface area contributed by atoms with E-state index in [1.165, 1.54) is 58.2 Å². The van der Waals surface area contributed by atoms with Crippen LogP contribution in [0.5, 0.6) is 0 Å². The lowest BCUT2D eigenvalue weighted by Gasteiger charge is -2.36. The van der Waals surface area contributed by atoms with Crippen molar-refractivity contribution in [1.29, 1.82) is 0 Å². The number of aliphatic hydroxyl groups is 1. The van der Waals surface area contributed by atoms with E-state index in [-0.39, 0.29) is 5.54 Å². The standard InChI is InChI=1S/C18H36N2O/c1-4-19-18(15-21)10-5-7-16(18)8-13-20-12-6-9-17(2,3)11-14-20/h16,19,21H,4-15H2,1-3H3. The highest BCUT2D eigenvalue weighted by Crippen LogP contribution is 2.38. The molecule has 0 amide bonds. The highest BCUT2D eigenvalue weighted by Gasteiger charge is 2.41. The Bertz CT molecular complexity index is 318. The molecule has 3 nitrogen and oxygen atoms in total. The van der Waals surface area contributed by atoms with Crippen molar-refractivity contribution in [2.75, 3.05) is 32.8 Å². The van der Waals surface area contributed by atoms with Gasteiger partial charge in [0.15, 0.2) is 0 Å². The van der Waals surface area contributed by atoms with Gasteiger partial charge in [-0.3, -0.25) is 0 Å². The van der Waals surface area contributed by atoms with E-state index in [1.54, 1.807) is 0 Å². The van der Waals surface area contributed by atoms with E-state index >= 15 is 0 Å². The van der Waals surface area contributed by atoms with Crippen molar-refractivity contribution in [1.82, 2.24) is 10.2 Å². The first kappa shape index (κ1) is 17.2. The first-order valence-electron chi connectivity index (χ1n) is 9.09. The molecule has 2 atom stereocenters. The molecule has 2 unspecified atom stereocenters. The minimum atomic E-state index is 0.0138. The quantitative estimate of drug-likeness (QED) is 0.791. The van der Waals surface area contributed by atoms with E-state index in [0.29, 0.717) is 17.9 Å². The fourth-order valence-corrected chi connectivity index (χ4v) is 4.45. The minimum Gasteiger partial charge on any atom is -0.394 e. The third kappa shape index (κ3) is 4.43. The van der Waals surface area contributed by atoms with Crippen LogP contribution in [0.25, 0.3) is 0 Å². The maximum Gasteiger partial charge on any atom is 0.0616 e. The summed E-state index contributed by atoms with van der Waals surface area (Å²) in [7, 11) is 0. The minimum absolute atomic E-state index is 0.0138. The van der Waals surface area contributed by atoms with E-state index in [0.717, 1.165) is 13.0 Å². The molecule has 3 heteroatoms. The summed E-state index contributed by atoms with van der Waals surface area (Å²) in [4.78, 5) is 2.67. The summed E-state index contributed by atoms with van der Waals surface area (Å²) in [5.74, 6) is 0.652. The van der Waals surface area contributed by atoms with Crippen LogP contribution in [0.15, 0.2) is 0 Å². The molecular weight excluding hydrogens is 260 g/mol. The zero-order valence-corrected chi connectivity index (χ0v) is 14.5. The third-order valence-corrected chi connectivity index (χ3v) is 5.99. The van der Waals surface area contributed by atoms with Crippen molar-refractivity contribution in [3.05, 3.63) is 0 Å². The number of nitrogens with one attached hydrogen (secondary N) is 1. The van der Waals surface area contributed by atoms with Crippen LogP contribution in [-0.2, 0) is 0 Å². The molecule has 0 aromatic rings. The fourth-order valence-electron chi connectivity index (χ4n) is 4.45. The normalized spacial score (nSPS) is 34.0. The van der Waals surface area contributed by atoms with Crippen molar-refractivity contribution in [3.8, 4) is 0 Å². The van der Waals surface area contributed by atoms with Crippen LogP contribution < -0.4 is 5.32 Å². The van der Waals surface area contributed by atoms with Gasteiger partial charge in [0.05, 0.1) is 6.61 Å². The highest BCUT2D eigenvalue weighted by molar-refractivity contribution is 4.99. The molecule has 2 N–H and O–H groups in total. The van der Waals surface area contributed by atoms with Crippen LogP contribution in [0, 0.1) is 11.3 Å². The van der Waals surface area contributed by atoms with Gasteiger partial charge >= 0.3 is 0 Å². The molecule has 2 aliphatic rings. The smallest absolute Gasteiger partial charge is 0.0616 e. The molecule has 0 radical (unpaired) electrons. The van der Waals surface area contributed by atoms with Gasteiger partial charge in [0.25, 0.3) is 0 Å². The van der Waals surface area contributed by atoms with Gasteiger partial charge in [0.1, 0.15) is 0 Å². The Labute approximate surface area is 131 Å². The van der Waals surface area contributed by atoms with Crippen molar-refractivity contribution in [2.24, 2.45) is 11.3 Å². The predicted molar refractivity (Wildman–Crippen MR) is 89.5 cm³/mol. The van der Waals surface area contributed by atoms with Crippen molar-refractivity contribution in [3.63, 3.8) is 0 Å². The average molecular weight is 296 g/mol. The first-order chi connectivity index (χ1) is 10.0. The SMILES string of the molecule is CCNC1(CO)CCCC1CCN1CCCC(C)(C)CC1. The molecule has 1 aliphatic heterocycles. The van der Waals surface area contributed by atoms with Crippen molar-refractivity contribution >= 4 is 0 Å². The lowest BCUT2D eigenvalue weighted by molar-refractivity contribution is 0.112. The Morgan fingerprint density at radius 1 is 1.14 bits per heavy atom. The largest absolute Gasteiger partial charge is 0.394 e. The highest BCUT2D eigenvalue weighted by atomic mass is 16.3. The number of hydrogen-bond acceptors (Lipinski definition) is 3. The average Bonchev–Trinajstić information content (AvgIpc) is 2.76. The van der Waals surface area contributed by atoms with E-state index in [9.17, 15) is 5.11 Å². The molecule has 2 rings (SSSR count). The zero-order chi connectivity index (χ0) is 15.3. The van der Waals surface area contributed by atoms with Gasteiger partial charge in [-0.05, 0) is 76.0 Å². The number of aliphatic hydroxyl groups excluding tert-OH is 1. The monoisotopic (exact) mass is 296 g/mol. The molecule has 1 saturated carbocycles. The summed E-state index contributed by atoms with van der Waals surface area (Å²) in [5.41, 5.74) is 0.542. The Morgan fingerprint density at radius 2 is 1.95 bits per heavy atom. The Balaban J connectivity index is 1.84. The summed E-state index contributed by atoms with van der Waals surface area (Å²) < 4.78 is 0. The molecule has 1 saturated heterocycles. The molecule has 0 aromatic heterocycles. The summed E-state index contributed by atoms with van der Waals surface area (Å²) in [5, 5.41) is 13.5. The van der Waals surface area contributed by atoms with Gasteiger partial charge in [-0.1, -0.05) is 27.2 Å². The van der Waals surface area contributed by atoms with Gasteiger partial charge in [-0.15, -0.1) is 0 Å². The van der Waals surface area contributed by atoms with Gasteiger partial charge < -0.3 is 15.3 Å². The second-order valence-electron chi connectivity index (χ2n) is 8.08. The van der Waals surface area contributed by atoms with Crippen molar-refractivity contribution in [2.45, 2.75) is 71.3 Å². The van der Waals surface area contributed by atoms with Crippen LogP contribution in [0.2, 0.25) is 0 Å². The van der Waals surface area contributed by atoms with Gasteiger partial charge in [0.2, 0.25) is 0 Å². The number of hydrogen-bond donors (Lipinski definition) is 2. The van der Waals surface area contributed by atoms with E-state index in [2.05, 4.69) is 31.0 Å². The summed E-state index contributed by atoms with van der Waals surface area (Å²) in [6.45, 7) is 12.0. The lowest BCUT2D eigenvalue weighted by atomic mass is 9.85. The van der Waals surface area contributed by atoms with E-state index < -0.39 is 0 Å².